The fourth-order valence-corrected chi connectivity index (χ4v) is 4.11. The molecular formula is C21H27N3O5. The van der Waals surface area contributed by atoms with E-state index >= 15 is 0 Å². The van der Waals surface area contributed by atoms with Gasteiger partial charge in [0.05, 0.1) is 0 Å². The van der Waals surface area contributed by atoms with E-state index in [0.29, 0.717) is 5.56 Å². The van der Waals surface area contributed by atoms with Crippen molar-refractivity contribution in [2.24, 2.45) is 0 Å². The summed E-state index contributed by atoms with van der Waals surface area (Å²) in [6.45, 7) is 4.62. The first-order chi connectivity index (χ1) is 13.7. The zero-order valence-electron chi connectivity index (χ0n) is 17.0. The monoisotopic (exact) mass is 401 g/mol. The molecule has 8 nitrogen and oxygen atoms in total. The molecule has 1 aromatic rings. The molecule has 2 fully saturated rings. The van der Waals surface area contributed by atoms with Gasteiger partial charge in [-0.1, -0.05) is 30.3 Å². The number of benzene rings is 1. The normalized spacial score (nSPS) is 27.0. The van der Waals surface area contributed by atoms with Crippen LogP contribution in [0, 0.1) is 0 Å². The molecule has 4 amide bonds. The van der Waals surface area contributed by atoms with Gasteiger partial charge in [0.1, 0.15) is 12.1 Å². The number of amides is 4. The van der Waals surface area contributed by atoms with Crippen LogP contribution in [0.3, 0.4) is 0 Å². The zero-order valence-corrected chi connectivity index (χ0v) is 17.0. The lowest BCUT2D eigenvalue weighted by Crippen LogP contribution is -2.49. The predicted octanol–water partition coefficient (Wildman–Crippen LogP) is 1.79. The fraction of sp³-hybridized carbons (Fsp3) is 0.524. The summed E-state index contributed by atoms with van der Waals surface area (Å²) in [4.78, 5) is 52.4. The van der Waals surface area contributed by atoms with E-state index < -0.39 is 36.6 Å². The lowest BCUT2D eigenvalue weighted by molar-refractivity contribution is -0.156. The molecule has 2 heterocycles. The van der Waals surface area contributed by atoms with E-state index in [1.807, 2.05) is 19.9 Å². The second-order valence-corrected chi connectivity index (χ2v) is 7.90. The van der Waals surface area contributed by atoms with E-state index in [1.165, 1.54) is 0 Å². The van der Waals surface area contributed by atoms with E-state index in [9.17, 15) is 19.2 Å². The van der Waals surface area contributed by atoms with Gasteiger partial charge in [0.2, 0.25) is 0 Å². The molecule has 0 spiro atoms. The van der Waals surface area contributed by atoms with Gasteiger partial charge in [0.15, 0.2) is 6.61 Å². The number of carbonyl (C=O) groups excluding carboxylic acids is 4. The number of hydrogen-bond donors (Lipinski definition) is 1. The molecule has 0 saturated carbocycles. The smallest absolute Gasteiger partial charge is 0.326 e. The van der Waals surface area contributed by atoms with Crippen molar-refractivity contribution in [1.29, 1.82) is 0 Å². The van der Waals surface area contributed by atoms with Crippen molar-refractivity contribution in [3.8, 4) is 0 Å². The Morgan fingerprint density at radius 1 is 1.14 bits per heavy atom. The predicted molar refractivity (Wildman–Crippen MR) is 105 cm³/mol. The van der Waals surface area contributed by atoms with Gasteiger partial charge in [-0.25, -0.2) is 4.79 Å². The number of imide groups is 1. The highest BCUT2D eigenvalue weighted by molar-refractivity contribution is 6.08. The number of nitrogens with zero attached hydrogens (tertiary/aromatic N) is 2. The summed E-state index contributed by atoms with van der Waals surface area (Å²) in [5.41, 5.74) is -0.620. The first-order valence-corrected chi connectivity index (χ1v) is 9.90. The zero-order chi connectivity index (χ0) is 21.2. The quantitative estimate of drug-likeness (QED) is 0.599. The van der Waals surface area contributed by atoms with E-state index in [-0.39, 0.29) is 18.0 Å². The average molecular weight is 401 g/mol. The van der Waals surface area contributed by atoms with Gasteiger partial charge < -0.3 is 15.0 Å². The summed E-state index contributed by atoms with van der Waals surface area (Å²) >= 11 is 0. The highest BCUT2D eigenvalue weighted by atomic mass is 16.5. The second-order valence-electron chi connectivity index (χ2n) is 7.90. The molecule has 2 aliphatic rings. The van der Waals surface area contributed by atoms with Crippen molar-refractivity contribution in [2.45, 2.75) is 57.7 Å². The highest BCUT2D eigenvalue weighted by Gasteiger charge is 2.49. The summed E-state index contributed by atoms with van der Waals surface area (Å²) in [5.74, 6) is -1.59. The summed E-state index contributed by atoms with van der Waals surface area (Å²) < 4.78 is 5.08. The van der Waals surface area contributed by atoms with Crippen molar-refractivity contribution < 1.29 is 23.9 Å². The number of urea groups is 1. The number of ether oxygens (including phenoxy) is 1. The number of hydrogen-bond acceptors (Lipinski definition) is 5. The Morgan fingerprint density at radius 2 is 1.76 bits per heavy atom. The van der Waals surface area contributed by atoms with Crippen molar-refractivity contribution >= 4 is 23.8 Å². The number of rotatable bonds is 5. The molecule has 0 radical (unpaired) electrons. The first kappa shape index (κ1) is 20.8. The molecule has 0 aromatic heterocycles. The van der Waals surface area contributed by atoms with Crippen LogP contribution in [0.15, 0.2) is 30.3 Å². The van der Waals surface area contributed by atoms with Gasteiger partial charge in [0.25, 0.3) is 11.8 Å². The summed E-state index contributed by atoms with van der Waals surface area (Å²) in [5, 5.41) is 2.63. The minimum absolute atomic E-state index is 0.0995. The number of esters is 1. The molecule has 0 bridgehead atoms. The Morgan fingerprint density at radius 3 is 2.38 bits per heavy atom. The maximum Gasteiger partial charge on any atom is 0.326 e. The maximum atomic E-state index is 12.8. The molecular weight excluding hydrogens is 374 g/mol. The van der Waals surface area contributed by atoms with Gasteiger partial charge >= 0.3 is 12.0 Å². The third-order valence-corrected chi connectivity index (χ3v) is 5.75. The Bertz CT molecular complexity index is 802. The van der Waals surface area contributed by atoms with Gasteiger partial charge in [-0.15, -0.1) is 0 Å². The van der Waals surface area contributed by atoms with Gasteiger partial charge in [-0.3, -0.25) is 19.3 Å². The topological polar surface area (TPSA) is 96.0 Å². The molecule has 3 rings (SSSR count). The Kier molecular flexibility index (Phi) is 5.91. The third kappa shape index (κ3) is 4.11. The van der Waals surface area contributed by atoms with Crippen LogP contribution in [-0.2, 0) is 24.7 Å². The Balaban J connectivity index is 1.59. The first-order valence-electron chi connectivity index (χ1n) is 9.90. The van der Waals surface area contributed by atoms with Crippen LogP contribution in [0.5, 0.6) is 0 Å². The molecule has 1 N–H and O–H groups in total. The SMILES string of the molecule is C[C@@H]1CCC[C@@H](C)N1C(=O)COC(=O)CN1C(=O)N[C@](C)(c2ccccc2)C1=O. The van der Waals surface area contributed by atoms with Crippen LogP contribution in [0.4, 0.5) is 4.79 Å². The summed E-state index contributed by atoms with van der Waals surface area (Å²) in [7, 11) is 0. The van der Waals surface area contributed by atoms with Crippen LogP contribution in [-0.4, -0.2) is 58.8 Å². The number of likely N-dealkylation sites (tertiary alicyclic amines) is 1. The van der Waals surface area contributed by atoms with Gasteiger partial charge in [0, 0.05) is 12.1 Å². The van der Waals surface area contributed by atoms with Gasteiger partial charge in [-0.05, 0) is 45.6 Å². The standard InChI is InChI=1S/C21H27N3O5/c1-14-8-7-9-15(2)24(14)17(25)13-29-18(26)12-23-19(27)21(3,22-20(23)28)16-10-5-4-6-11-16/h4-6,10-11,14-15H,7-9,12-13H2,1-3H3,(H,22,28)/t14-,15-,21-/m1/s1. The highest BCUT2D eigenvalue weighted by Crippen LogP contribution is 2.28. The van der Waals surface area contributed by atoms with Crippen LogP contribution < -0.4 is 5.32 Å². The van der Waals surface area contributed by atoms with Crippen molar-refractivity contribution in [3.05, 3.63) is 35.9 Å². The molecule has 0 unspecified atom stereocenters. The number of piperidine rings is 1. The molecule has 8 heteroatoms. The van der Waals surface area contributed by atoms with Crippen LogP contribution in [0.2, 0.25) is 0 Å². The fourth-order valence-electron chi connectivity index (χ4n) is 4.11. The number of carbonyl (C=O) groups is 4. The minimum atomic E-state index is -1.24. The lowest BCUT2D eigenvalue weighted by Gasteiger charge is -2.38. The average Bonchev–Trinajstić information content (AvgIpc) is 2.91. The Labute approximate surface area is 170 Å². The largest absolute Gasteiger partial charge is 0.454 e. The Hall–Kier alpha value is -2.90. The summed E-state index contributed by atoms with van der Waals surface area (Å²) in [6, 6.07) is 8.35. The minimum Gasteiger partial charge on any atom is -0.454 e. The lowest BCUT2D eigenvalue weighted by atomic mass is 9.92. The molecule has 29 heavy (non-hydrogen) atoms. The van der Waals surface area contributed by atoms with E-state index in [2.05, 4.69) is 5.32 Å². The molecule has 1 aromatic carbocycles. The van der Waals surface area contributed by atoms with Crippen molar-refractivity contribution in [3.63, 3.8) is 0 Å². The van der Waals surface area contributed by atoms with E-state index in [4.69, 9.17) is 4.74 Å². The van der Waals surface area contributed by atoms with Crippen LogP contribution in [0.1, 0.15) is 45.6 Å². The van der Waals surface area contributed by atoms with Gasteiger partial charge in [-0.2, -0.15) is 0 Å². The van der Waals surface area contributed by atoms with Crippen molar-refractivity contribution in [2.75, 3.05) is 13.2 Å². The molecule has 0 aliphatic carbocycles. The molecule has 2 saturated heterocycles. The number of nitrogens with one attached hydrogen (secondary N) is 1. The van der Waals surface area contributed by atoms with Crippen LogP contribution >= 0.6 is 0 Å². The molecule has 3 atom stereocenters. The van der Waals surface area contributed by atoms with E-state index in [1.54, 1.807) is 36.1 Å². The van der Waals surface area contributed by atoms with Crippen LogP contribution in [0.25, 0.3) is 0 Å². The van der Waals surface area contributed by atoms with Crippen molar-refractivity contribution in [1.82, 2.24) is 15.1 Å². The molecule has 2 aliphatic heterocycles. The third-order valence-electron chi connectivity index (χ3n) is 5.75. The van der Waals surface area contributed by atoms with E-state index in [0.717, 1.165) is 24.2 Å². The maximum absolute atomic E-state index is 12.8. The molecule has 156 valence electrons. The second kappa shape index (κ2) is 8.23. The summed E-state index contributed by atoms with van der Waals surface area (Å²) in [6.07, 6.45) is 2.91.